The first-order valence-electron chi connectivity index (χ1n) is 9.30. The lowest BCUT2D eigenvalue weighted by Gasteiger charge is -2.16. The molecule has 0 aliphatic heterocycles. The lowest BCUT2D eigenvalue weighted by molar-refractivity contribution is 0.292. The van der Waals surface area contributed by atoms with E-state index in [0.29, 0.717) is 29.2 Å². The Kier molecular flexibility index (Phi) is 6.98. The molecule has 4 nitrogen and oxygen atoms in total. The van der Waals surface area contributed by atoms with Crippen LogP contribution in [0.3, 0.4) is 0 Å². The highest BCUT2D eigenvalue weighted by Crippen LogP contribution is 2.22. The summed E-state index contributed by atoms with van der Waals surface area (Å²) in [6, 6.07) is 18.7. The first kappa shape index (κ1) is 21.0. The summed E-state index contributed by atoms with van der Waals surface area (Å²) in [5.74, 6) is 0.724. The lowest BCUT2D eigenvalue weighted by Crippen LogP contribution is -2.26. The molecule has 148 valence electrons. The van der Waals surface area contributed by atoms with Gasteiger partial charge in [-0.25, -0.2) is 0 Å². The van der Waals surface area contributed by atoms with Crippen LogP contribution in [0.15, 0.2) is 59.4 Å². The van der Waals surface area contributed by atoms with Crippen LogP contribution in [0, 0.1) is 11.3 Å². The van der Waals surface area contributed by atoms with E-state index in [0.717, 1.165) is 17.7 Å². The van der Waals surface area contributed by atoms with Crippen molar-refractivity contribution in [1.82, 2.24) is 4.57 Å². The third-order valence-electron chi connectivity index (χ3n) is 4.69. The van der Waals surface area contributed by atoms with Gasteiger partial charge in [0.1, 0.15) is 17.4 Å². The van der Waals surface area contributed by atoms with Crippen LogP contribution < -0.4 is 10.3 Å². The van der Waals surface area contributed by atoms with Gasteiger partial charge in [0.15, 0.2) is 0 Å². The molecule has 0 radical (unpaired) electrons. The number of pyridine rings is 1. The van der Waals surface area contributed by atoms with Crippen LogP contribution in [-0.4, -0.2) is 4.57 Å². The van der Waals surface area contributed by atoms with E-state index in [1.807, 2.05) is 36.4 Å². The smallest absolute Gasteiger partial charge is 0.269 e. The second-order valence-electron chi connectivity index (χ2n) is 6.59. The van der Waals surface area contributed by atoms with Crippen LogP contribution >= 0.6 is 23.2 Å². The van der Waals surface area contributed by atoms with Crippen molar-refractivity contribution < 1.29 is 4.74 Å². The predicted molar refractivity (Wildman–Crippen MR) is 116 cm³/mol. The maximum absolute atomic E-state index is 12.6. The molecule has 0 saturated heterocycles. The quantitative estimate of drug-likeness (QED) is 0.507. The van der Waals surface area contributed by atoms with Gasteiger partial charge in [-0.2, -0.15) is 5.26 Å². The number of aromatic nitrogens is 1. The van der Waals surface area contributed by atoms with E-state index in [1.54, 1.807) is 16.7 Å². The number of benzene rings is 2. The number of halogens is 2. The zero-order valence-electron chi connectivity index (χ0n) is 16.0. The highest BCUT2D eigenvalue weighted by molar-refractivity contribution is 6.34. The van der Waals surface area contributed by atoms with Crippen molar-refractivity contribution in [3.63, 3.8) is 0 Å². The van der Waals surface area contributed by atoms with Crippen LogP contribution in [-0.2, 0) is 26.0 Å². The Hall–Kier alpha value is -2.74. The second kappa shape index (κ2) is 9.65. The Bertz CT molecular complexity index is 1100. The summed E-state index contributed by atoms with van der Waals surface area (Å²) in [4.78, 5) is 12.6. The van der Waals surface area contributed by atoms with E-state index in [9.17, 15) is 4.79 Å². The topological polar surface area (TPSA) is 55.0 Å². The van der Waals surface area contributed by atoms with Gasteiger partial charge in [-0.1, -0.05) is 54.4 Å². The Labute approximate surface area is 179 Å². The summed E-state index contributed by atoms with van der Waals surface area (Å²) >= 11 is 12.5. The molecule has 0 N–H and O–H groups in total. The van der Waals surface area contributed by atoms with Gasteiger partial charge in [0.25, 0.3) is 5.56 Å². The second-order valence-corrected chi connectivity index (χ2v) is 7.41. The molecule has 6 heteroatoms. The van der Waals surface area contributed by atoms with Crippen molar-refractivity contribution in [3.05, 3.63) is 97.4 Å². The fourth-order valence-electron chi connectivity index (χ4n) is 3.01. The van der Waals surface area contributed by atoms with E-state index in [4.69, 9.17) is 33.2 Å². The van der Waals surface area contributed by atoms with Gasteiger partial charge in [-0.3, -0.25) is 4.79 Å². The van der Waals surface area contributed by atoms with Gasteiger partial charge in [0.2, 0.25) is 0 Å². The average molecular weight is 427 g/mol. The molecule has 0 saturated carbocycles. The van der Waals surface area contributed by atoms with Crippen molar-refractivity contribution in [2.45, 2.75) is 32.9 Å². The summed E-state index contributed by atoms with van der Waals surface area (Å²) in [7, 11) is 0. The monoisotopic (exact) mass is 426 g/mol. The number of ether oxygens (including phenoxy) is 1. The number of hydrogen-bond acceptors (Lipinski definition) is 3. The molecule has 0 amide bonds. The number of aryl methyl sites for hydroxylation is 2. The van der Waals surface area contributed by atoms with E-state index in [-0.39, 0.29) is 17.2 Å². The highest BCUT2D eigenvalue weighted by Gasteiger charge is 2.14. The van der Waals surface area contributed by atoms with Gasteiger partial charge in [-0.15, -0.1) is 0 Å². The van der Waals surface area contributed by atoms with E-state index in [1.165, 1.54) is 11.6 Å². The molecule has 0 bridgehead atoms. The Morgan fingerprint density at radius 1 is 1.03 bits per heavy atom. The standard InChI is InChI=1S/C23H20Cl2N2O2/c1-2-16-4-3-5-19(12-16)29-15-22-20(24)13-21(25)23(28)27(22)11-10-17-6-8-18(14-26)9-7-17/h3-9,12-13H,2,10-11,15H2,1H3. The normalized spacial score (nSPS) is 10.6. The largest absolute Gasteiger partial charge is 0.487 e. The van der Waals surface area contributed by atoms with Crippen LogP contribution in [0.1, 0.15) is 29.3 Å². The molecule has 1 aromatic heterocycles. The zero-order valence-corrected chi connectivity index (χ0v) is 17.5. The van der Waals surface area contributed by atoms with E-state index >= 15 is 0 Å². The molecule has 0 aliphatic carbocycles. The molecule has 1 heterocycles. The zero-order chi connectivity index (χ0) is 20.8. The fraction of sp³-hybridized carbons (Fsp3) is 0.217. The summed E-state index contributed by atoms with van der Waals surface area (Å²) in [6.45, 7) is 2.64. The molecule has 0 atom stereocenters. The van der Waals surface area contributed by atoms with Gasteiger partial charge in [0.05, 0.1) is 22.3 Å². The SMILES string of the molecule is CCc1cccc(OCc2c(Cl)cc(Cl)c(=O)n2CCc2ccc(C#N)cc2)c1. The molecule has 2 aromatic carbocycles. The van der Waals surface area contributed by atoms with Crippen LogP contribution in [0.2, 0.25) is 10.0 Å². The van der Waals surface area contributed by atoms with Crippen molar-refractivity contribution in [2.75, 3.05) is 0 Å². The van der Waals surface area contributed by atoms with Crippen LogP contribution in [0.25, 0.3) is 0 Å². The predicted octanol–water partition coefficient (Wildman–Crippen LogP) is 5.41. The van der Waals surface area contributed by atoms with Gasteiger partial charge >= 0.3 is 0 Å². The average Bonchev–Trinajstić information content (AvgIpc) is 2.75. The maximum atomic E-state index is 12.6. The summed E-state index contributed by atoms with van der Waals surface area (Å²) in [5, 5.41) is 9.38. The minimum atomic E-state index is -0.300. The minimum Gasteiger partial charge on any atom is -0.487 e. The number of nitrogens with zero attached hydrogens (tertiary/aromatic N) is 2. The summed E-state index contributed by atoms with van der Waals surface area (Å²) in [5.41, 5.74) is 3.06. The van der Waals surface area contributed by atoms with Gasteiger partial charge in [-0.05, 0) is 54.3 Å². The molecular formula is C23H20Cl2N2O2. The van der Waals surface area contributed by atoms with Crippen LogP contribution in [0.4, 0.5) is 0 Å². The van der Waals surface area contributed by atoms with E-state index in [2.05, 4.69) is 13.0 Å². The van der Waals surface area contributed by atoms with Gasteiger partial charge in [0, 0.05) is 6.54 Å². The Balaban J connectivity index is 1.83. The Morgan fingerprint density at radius 2 is 1.79 bits per heavy atom. The molecule has 0 unspecified atom stereocenters. The third kappa shape index (κ3) is 5.20. The summed E-state index contributed by atoms with van der Waals surface area (Å²) < 4.78 is 7.47. The molecule has 0 spiro atoms. The van der Waals surface area contributed by atoms with Crippen LogP contribution in [0.5, 0.6) is 5.75 Å². The van der Waals surface area contributed by atoms with E-state index < -0.39 is 0 Å². The number of nitriles is 1. The number of hydrogen-bond donors (Lipinski definition) is 0. The Morgan fingerprint density at radius 3 is 2.48 bits per heavy atom. The molecular weight excluding hydrogens is 407 g/mol. The molecule has 29 heavy (non-hydrogen) atoms. The van der Waals surface area contributed by atoms with Crippen molar-refractivity contribution in [1.29, 1.82) is 5.26 Å². The summed E-state index contributed by atoms with van der Waals surface area (Å²) in [6.07, 6.45) is 1.51. The van der Waals surface area contributed by atoms with Gasteiger partial charge < -0.3 is 9.30 Å². The van der Waals surface area contributed by atoms with Crippen molar-refractivity contribution >= 4 is 23.2 Å². The van der Waals surface area contributed by atoms with Crippen molar-refractivity contribution in [2.24, 2.45) is 0 Å². The number of rotatable bonds is 7. The highest BCUT2D eigenvalue weighted by atomic mass is 35.5. The molecule has 3 rings (SSSR count). The molecule has 0 fully saturated rings. The molecule has 3 aromatic rings. The molecule has 0 aliphatic rings. The maximum Gasteiger partial charge on any atom is 0.269 e. The fourth-order valence-corrected chi connectivity index (χ4v) is 3.55. The first-order valence-corrected chi connectivity index (χ1v) is 10.1. The minimum absolute atomic E-state index is 0.0755. The first-order chi connectivity index (χ1) is 14.0. The third-order valence-corrected chi connectivity index (χ3v) is 5.29. The lowest BCUT2D eigenvalue weighted by atomic mass is 10.1. The van der Waals surface area contributed by atoms with Crippen molar-refractivity contribution in [3.8, 4) is 11.8 Å².